The summed E-state index contributed by atoms with van der Waals surface area (Å²) in [5, 5.41) is 3.00. The summed E-state index contributed by atoms with van der Waals surface area (Å²) < 4.78 is 32.4. The zero-order valence-electron chi connectivity index (χ0n) is 9.34. The molecule has 2 aliphatic rings. The Kier molecular flexibility index (Phi) is 3.15. The Labute approximate surface area is 93.5 Å². The van der Waals surface area contributed by atoms with Crippen LogP contribution in [0.2, 0.25) is 0 Å². The molecule has 5 heteroatoms. The number of hydrogen-bond acceptors (Lipinski definition) is 3. The van der Waals surface area contributed by atoms with E-state index in [1.54, 1.807) is 6.92 Å². The molecule has 0 radical (unpaired) electrons. The maximum absolute atomic E-state index is 13.7. The van der Waals surface area contributed by atoms with E-state index in [4.69, 9.17) is 4.74 Å². The molecule has 3 nitrogen and oxygen atoms in total. The van der Waals surface area contributed by atoms with Crippen molar-refractivity contribution in [2.24, 2.45) is 17.8 Å². The second-order valence-corrected chi connectivity index (χ2v) is 4.65. The summed E-state index contributed by atoms with van der Waals surface area (Å²) in [5.74, 6) is -4.69. The Morgan fingerprint density at radius 3 is 2.44 bits per heavy atom. The number of halogens is 2. The third kappa shape index (κ3) is 1.93. The molecule has 1 saturated carbocycles. The molecule has 0 spiro atoms. The Bertz CT molecular complexity index is 267. The van der Waals surface area contributed by atoms with E-state index in [2.05, 4.69) is 5.32 Å². The quantitative estimate of drug-likeness (QED) is 0.733. The molecule has 0 aromatic carbocycles. The van der Waals surface area contributed by atoms with Crippen molar-refractivity contribution in [1.82, 2.24) is 5.32 Å². The molecule has 1 N–H and O–H groups in total. The highest BCUT2D eigenvalue weighted by Crippen LogP contribution is 2.46. The minimum absolute atomic E-state index is 0.245. The van der Waals surface area contributed by atoms with Crippen molar-refractivity contribution in [3.05, 3.63) is 0 Å². The van der Waals surface area contributed by atoms with Gasteiger partial charge in [0.15, 0.2) is 0 Å². The molecule has 2 bridgehead atoms. The molecule has 92 valence electrons. The van der Waals surface area contributed by atoms with E-state index in [1.807, 2.05) is 0 Å². The van der Waals surface area contributed by atoms with Gasteiger partial charge >= 0.3 is 5.97 Å². The van der Waals surface area contributed by atoms with Gasteiger partial charge in [-0.3, -0.25) is 4.79 Å². The van der Waals surface area contributed by atoms with Gasteiger partial charge in [0.2, 0.25) is 0 Å². The van der Waals surface area contributed by atoms with Crippen LogP contribution in [0.15, 0.2) is 0 Å². The van der Waals surface area contributed by atoms with Crippen molar-refractivity contribution in [2.75, 3.05) is 19.7 Å². The van der Waals surface area contributed by atoms with Gasteiger partial charge in [-0.25, -0.2) is 8.78 Å². The van der Waals surface area contributed by atoms with Crippen molar-refractivity contribution in [1.29, 1.82) is 0 Å². The Morgan fingerprint density at radius 1 is 1.38 bits per heavy atom. The number of hydrogen-bond donors (Lipinski definition) is 1. The van der Waals surface area contributed by atoms with Crippen LogP contribution >= 0.6 is 0 Å². The highest BCUT2D eigenvalue weighted by Gasteiger charge is 2.55. The number of alkyl halides is 2. The van der Waals surface area contributed by atoms with E-state index in [-0.39, 0.29) is 24.7 Å². The summed E-state index contributed by atoms with van der Waals surface area (Å²) in [6.45, 7) is 2.66. The zero-order chi connectivity index (χ0) is 11.8. The average molecular weight is 233 g/mol. The van der Waals surface area contributed by atoms with Gasteiger partial charge in [0.05, 0.1) is 12.5 Å². The fourth-order valence-corrected chi connectivity index (χ4v) is 2.75. The van der Waals surface area contributed by atoms with Crippen LogP contribution in [0.25, 0.3) is 0 Å². The number of nitrogens with one attached hydrogen (secondary N) is 1. The van der Waals surface area contributed by atoms with Crippen LogP contribution in [0.4, 0.5) is 8.78 Å². The monoisotopic (exact) mass is 233 g/mol. The lowest BCUT2D eigenvalue weighted by Gasteiger charge is -2.44. The summed E-state index contributed by atoms with van der Waals surface area (Å²) in [6.07, 6.45) is 0.491. The first-order valence-corrected chi connectivity index (χ1v) is 5.80. The first-order valence-electron chi connectivity index (χ1n) is 5.80. The van der Waals surface area contributed by atoms with Crippen molar-refractivity contribution in [3.8, 4) is 0 Å². The standard InChI is InChI=1S/C11H17F2NO2/c1-2-16-10(15)7-3-8-5-14-6-9(4-7)11(8,12)13/h7-9,14H,2-6H2,1H3. The number of piperidine rings is 1. The van der Waals surface area contributed by atoms with Crippen LogP contribution < -0.4 is 5.32 Å². The van der Waals surface area contributed by atoms with Crippen LogP contribution in [0.5, 0.6) is 0 Å². The minimum atomic E-state index is -2.62. The van der Waals surface area contributed by atoms with Crippen molar-refractivity contribution in [2.45, 2.75) is 25.7 Å². The molecule has 1 aliphatic heterocycles. The number of carbonyl (C=O) groups is 1. The Hall–Kier alpha value is -0.710. The number of ether oxygens (including phenoxy) is 1. The number of carbonyl (C=O) groups excluding carboxylic acids is 1. The van der Waals surface area contributed by atoms with E-state index in [1.165, 1.54) is 0 Å². The fourth-order valence-electron chi connectivity index (χ4n) is 2.75. The molecule has 2 unspecified atom stereocenters. The maximum Gasteiger partial charge on any atom is 0.308 e. The Morgan fingerprint density at radius 2 is 1.94 bits per heavy atom. The van der Waals surface area contributed by atoms with Gasteiger partial charge in [-0.2, -0.15) is 0 Å². The van der Waals surface area contributed by atoms with Crippen LogP contribution in [0.3, 0.4) is 0 Å². The van der Waals surface area contributed by atoms with Gasteiger partial charge in [-0.1, -0.05) is 0 Å². The van der Waals surface area contributed by atoms with E-state index < -0.39 is 17.8 Å². The first kappa shape index (κ1) is 11.8. The lowest BCUT2D eigenvalue weighted by molar-refractivity contribution is -0.174. The second-order valence-electron chi connectivity index (χ2n) is 4.65. The van der Waals surface area contributed by atoms with Gasteiger partial charge in [0.1, 0.15) is 0 Å². The first-order chi connectivity index (χ1) is 7.55. The van der Waals surface area contributed by atoms with Crippen molar-refractivity contribution >= 4 is 5.97 Å². The molecule has 0 aromatic rings. The van der Waals surface area contributed by atoms with E-state index in [9.17, 15) is 13.6 Å². The van der Waals surface area contributed by atoms with E-state index >= 15 is 0 Å². The van der Waals surface area contributed by atoms with Crippen LogP contribution in [-0.2, 0) is 9.53 Å². The van der Waals surface area contributed by atoms with Crippen LogP contribution in [0.1, 0.15) is 19.8 Å². The SMILES string of the molecule is CCOC(=O)C1CC2CNCC(C1)C2(F)F. The molecular weight excluding hydrogens is 216 g/mol. The van der Waals surface area contributed by atoms with Crippen molar-refractivity contribution < 1.29 is 18.3 Å². The normalized spacial score (nSPS) is 36.8. The molecule has 1 heterocycles. The Balaban J connectivity index is 2.06. The lowest BCUT2D eigenvalue weighted by atomic mass is 9.70. The summed E-state index contributed by atoms with van der Waals surface area (Å²) >= 11 is 0. The van der Waals surface area contributed by atoms with Gasteiger partial charge in [-0.15, -0.1) is 0 Å². The third-order valence-corrected chi connectivity index (χ3v) is 3.63. The van der Waals surface area contributed by atoms with Crippen molar-refractivity contribution in [3.63, 3.8) is 0 Å². The summed E-state index contributed by atoms with van der Waals surface area (Å²) in [6, 6.07) is 0. The molecule has 0 amide bonds. The predicted molar refractivity (Wildman–Crippen MR) is 54.2 cm³/mol. The lowest BCUT2D eigenvalue weighted by Crippen LogP contribution is -2.56. The zero-order valence-corrected chi connectivity index (χ0v) is 9.34. The van der Waals surface area contributed by atoms with E-state index in [0.29, 0.717) is 19.7 Å². The van der Waals surface area contributed by atoms with E-state index in [0.717, 1.165) is 0 Å². The number of fused-ring (bicyclic) bond motifs is 2. The molecular formula is C11H17F2NO2. The molecule has 1 aliphatic carbocycles. The molecule has 1 saturated heterocycles. The highest BCUT2D eigenvalue weighted by atomic mass is 19.3. The van der Waals surface area contributed by atoms with Crippen LogP contribution in [-0.4, -0.2) is 31.6 Å². The molecule has 0 aromatic heterocycles. The minimum Gasteiger partial charge on any atom is -0.466 e. The number of rotatable bonds is 2. The second kappa shape index (κ2) is 4.28. The highest BCUT2D eigenvalue weighted by molar-refractivity contribution is 5.72. The summed E-state index contributed by atoms with van der Waals surface area (Å²) in [5.41, 5.74) is 0. The average Bonchev–Trinajstić information content (AvgIpc) is 2.15. The van der Waals surface area contributed by atoms with Gasteiger partial charge in [-0.05, 0) is 19.8 Å². The largest absolute Gasteiger partial charge is 0.466 e. The maximum atomic E-state index is 13.7. The smallest absolute Gasteiger partial charge is 0.308 e. The third-order valence-electron chi connectivity index (χ3n) is 3.63. The predicted octanol–water partition coefficient (Wildman–Crippen LogP) is 1.43. The van der Waals surface area contributed by atoms with Gasteiger partial charge < -0.3 is 10.1 Å². The molecule has 16 heavy (non-hydrogen) atoms. The summed E-state index contributed by atoms with van der Waals surface area (Å²) in [7, 11) is 0. The topological polar surface area (TPSA) is 38.3 Å². The molecule has 2 fully saturated rings. The van der Waals surface area contributed by atoms with Gasteiger partial charge in [0, 0.05) is 24.9 Å². The number of esters is 1. The van der Waals surface area contributed by atoms with Crippen LogP contribution in [0, 0.1) is 17.8 Å². The fraction of sp³-hybridized carbons (Fsp3) is 0.909. The van der Waals surface area contributed by atoms with Gasteiger partial charge in [0.25, 0.3) is 5.92 Å². The summed E-state index contributed by atoms with van der Waals surface area (Å²) in [4.78, 5) is 11.6. The molecule has 2 rings (SSSR count). The molecule has 2 atom stereocenters.